The second-order valence-electron chi connectivity index (χ2n) is 6.67. The number of nitrogens with one attached hydrogen (secondary N) is 1. The van der Waals surface area contributed by atoms with E-state index in [0.717, 1.165) is 0 Å². The summed E-state index contributed by atoms with van der Waals surface area (Å²) in [6, 6.07) is 10.1. The molecule has 1 aliphatic heterocycles. The first-order valence-corrected chi connectivity index (χ1v) is 8.77. The Kier molecular flexibility index (Phi) is 6.79. The lowest BCUT2D eigenvalue weighted by Crippen LogP contribution is -2.41. The summed E-state index contributed by atoms with van der Waals surface area (Å²) < 4.78 is 0. The van der Waals surface area contributed by atoms with E-state index in [1.807, 2.05) is 25.1 Å². The van der Waals surface area contributed by atoms with Crippen LogP contribution in [0.3, 0.4) is 0 Å². The van der Waals surface area contributed by atoms with Crippen LogP contribution < -0.4 is 5.32 Å². The summed E-state index contributed by atoms with van der Waals surface area (Å²) in [5.74, 6) is 0.130. The molecule has 1 aromatic carbocycles. The Morgan fingerprint density at radius 3 is 2.42 bits per heavy atom. The number of nitrogens with zero attached hydrogens (tertiary/aromatic N) is 1. The first-order chi connectivity index (χ1) is 11.5. The largest absolute Gasteiger partial charge is 0.393 e. The molecule has 0 bridgehead atoms. The van der Waals surface area contributed by atoms with Gasteiger partial charge in [-0.25, -0.2) is 0 Å². The number of piperidine rings is 1. The molecule has 2 unspecified atom stereocenters. The van der Waals surface area contributed by atoms with Crippen molar-refractivity contribution in [2.24, 2.45) is 0 Å². The van der Waals surface area contributed by atoms with Crippen LogP contribution >= 0.6 is 0 Å². The van der Waals surface area contributed by atoms with E-state index < -0.39 is 0 Å². The van der Waals surface area contributed by atoms with Crippen molar-refractivity contribution in [3.63, 3.8) is 0 Å². The molecule has 5 heteroatoms. The first-order valence-electron chi connectivity index (χ1n) is 8.77. The minimum Gasteiger partial charge on any atom is -0.393 e. The van der Waals surface area contributed by atoms with Gasteiger partial charge in [-0.05, 0) is 25.3 Å². The normalized spacial score (nSPS) is 18.0. The second-order valence-corrected chi connectivity index (χ2v) is 6.67. The molecule has 5 nitrogen and oxygen atoms in total. The number of likely N-dealkylation sites (tertiary alicyclic amines) is 1. The van der Waals surface area contributed by atoms with Crippen LogP contribution in [0.25, 0.3) is 0 Å². The average Bonchev–Trinajstić information content (AvgIpc) is 2.60. The number of carbonyl (C=O) groups excluding carboxylic acids is 2. The van der Waals surface area contributed by atoms with Gasteiger partial charge in [-0.1, -0.05) is 37.3 Å². The highest BCUT2D eigenvalue weighted by Crippen LogP contribution is 2.18. The van der Waals surface area contributed by atoms with E-state index in [-0.39, 0.29) is 42.7 Å². The maximum Gasteiger partial charge on any atom is 0.223 e. The van der Waals surface area contributed by atoms with Gasteiger partial charge in [-0.15, -0.1) is 0 Å². The highest BCUT2D eigenvalue weighted by Gasteiger charge is 2.22. The molecule has 0 saturated carbocycles. The van der Waals surface area contributed by atoms with Crippen LogP contribution in [-0.2, 0) is 9.59 Å². The molecule has 2 rings (SSSR count). The van der Waals surface area contributed by atoms with Crippen LogP contribution in [0.1, 0.15) is 51.0 Å². The summed E-state index contributed by atoms with van der Waals surface area (Å²) in [5.41, 5.74) is 1.19. The number of benzene rings is 1. The third-order valence-electron chi connectivity index (χ3n) is 4.85. The smallest absolute Gasteiger partial charge is 0.223 e. The number of aliphatic hydroxyl groups is 1. The van der Waals surface area contributed by atoms with Crippen molar-refractivity contribution in [3.8, 4) is 0 Å². The Labute approximate surface area is 144 Å². The maximum atomic E-state index is 12.1. The van der Waals surface area contributed by atoms with Crippen molar-refractivity contribution in [1.29, 1.82) is 0 Å². The molecule has 2 atom stereocenters. The third kappa shape index (κ3) is 5.34. The average molecular weight is 332 g/mol. The summed E-state index contributed by atoms with van der Waals surface area (Å²) >= 11 is 0. The van der Waals surface area contributed by atoms with Gasteiger partial charge in [0.15, 0.2) is 0 Å². The second kappa shape index (κ2) is 8.83. The van der Waals surface area contributed by atoms with Crippen LogP contribution in [-0.4, -0.2) is 47.1 Å². The lowest BCUT2D eigenvalue weighted by Gasteiger charge is -2.29. The molecule has 1 heterocycles. The lowest BCUT2D eigenvalue weighted by atomic mass is 9.94. The molecule has 1 saturated heterocycles. The maximum absolute atomic E-state index is 12.1. The zero-order valence-corrected chi connectivity index (χ0v) is 14.6. The Hall–Kier alpha value is -1.88. The van der Waals surface area contributed by atoms with Crippen molar-refractivity contribution in [1.82, 2.24) is 10.2 Å². The molecular formula is C19H28N2O3. The first kappa shape index (κ1) is 18.5. The predicted octanol–water partition coefficient (Wildman–Crippen LogP) is 2.06. The monoisotopic (exact) mass is 332 g/mol. The molecule has 2 amide bonds. The standard InChI is InChI=1S/C19H28N2O3/c1-14(16-6-4-3-5-7-16)15(2)20-18(23)8-9-19(24)21-12-10-17(22)11-13-21/h3-7,14-15,17,22H,8-13H2,1-2H3,(H,20,23). The van der Waals surface area contributed by atoms with Crippen LogP contribution in [0.5, 0.6) is 0 Å². The number of hydrogen-bond acceptors (Lipinski definition) is 3. The molecule has 0 radical (unpaired) electrons. The van der Waals surface area contributed by atoms with Crippen LogP contribution in [0, 0.1) is 0 Å². The molecule has 0 aliphatic carbocycles. The third-order valence-corrected chi connectivity index (χ3v) is 4.85. The summed E-state index contributed by atoms with van der Waals surface area (Å²) in [6.45, 7) is 5.25. The summed E-state index contributed by atoms with van der Waals surface area (Å²) in [7, 11) is 0. The van der Waals surface area contributed by atoms with Gasteiger partial charge >= 0.3 is 0 Å². The fourth-order valence-electron chi connectivity index (χ4n) is 2.99. The zero-order chi connectivity index (χ0) is 17.5. The van der Waals surface area contributed by atoms with E-state index in [1.54, 1.807) is 4.90 Å². The summed E-state index contributed by atoms with van der Waals surface area (Å²) in [5, 5.41) is 12.5. The lowest BCUT2D eigenvalue weighted by molar-refractivity contribution is -0.135. The number of amides is 2. The predicted molar refractivity (Wildman–Crippen MR) is 93.5 cm³/mol. The van der Waals surface area contributed by atoms with Crippen molar-refractivity contribution in [2.75, 3.05) is 13.1 Å². The molecular weight excluding hydrogens is 304 g/mol. The quantitative estimate of drug-likeness (QED) is 0.838. The molecule has 132 valence electrons. The molecule has 1 aliphatic rings. The Morgan fingerprint density at radius 2 is 1.79 bits per heavy atom. The van der Waals surface area contributed by atoms with Crippen molar-refractivity contribution in [3.05, 3.63) is 35.9 Å². The van der Waals surface area contributed by atoms with Gasteiger partial charge in [0, 0.05) is 37.9 Å². The molecule has 1 aromatic rings. The molecule has 2 N–H and O–H groups in total. The Bertz CT molecular complexity index is 539. The summed E-state index contributed by atoms with van der Waals surface area (Å²) in [6.07, 6.45) is 1.41. The fourth-order valence-corrected chi connectivity index (χ4v) is 2.99. The van der Waals surface area contributed by atoms with Gasteiger partial charge < -0.3 is 15.3 Å². The fraction of sp³-hybridized carbons (Fsp3) is 0.579. The van der Waals surface area contributed by atoms with Gasteiger partial charge in [0.25, 0.3) is 0 Å². The minimum absolute atomic E-state index is 0.000751. The molecule has 1 fully saturated rings. The van der Waals surface area contributed by atoms with Gasteiger partial charge in [-0.2, -0.15) is 0 Å². The van der Waals surface area contributed by atoms with Crippen LogP contribution in [0.15, 0.2) is 30.3 Å². The molecule has 0 aromatic heterocycles. The minimum atomic E-state index is -0.294. The van der Waals surface area contributed by atoms with E-state index in [4.69, 9.17) is 0 Å². The topological polar surface area (TPSA) is 69.6 Å². The van der Waals surface area contributed by atoms with Gasteiger partial charge in [0.05, 0.1) is 6.10 Å². The van der Waals surface area contributed by atoms with E-state index in [2.05, 4.69) is 24.4 Å². The highest BCUT2D eigenvalue weighted by molar-refractivity contribution is 5.84. The van der Waals surface area contributed by atoms with Crippen molar-refractivity contribution < 1.29 is 14.7 Å². The zero-order valence-electron chi connectivity index (χ0n) is 14.6. The Balaban J connectivity index is 1.73. The van der Waals surface area contributed by atoms with Gasteiger partial charge in [-0.3, -0.25) is 9.59 Å². The van der Waals surface area contributed by atoms with Gasteiger partial charge in [0.2, 0.25) is 11.8 Å². The number of aliphatic hydroxyl groups excluding tert-OH is 1. The molecule has 0 spiro atoms. The Morgan fingerprint density at radius 1 is 1.17 bits per heavy atom. The van der Waals surface area contributed by atoms with E-state index >= 15 is 0 Å². The van der Waals surface area contributed by atoms with Crippen LogP contribution in [0.2, 0.25) is 0 Å². The summed E-state index contributed by atoms with van der Waals surface area (Å²) in [4.78, 5) is 26.0. The van der Waals surface area contributed by atoms with Crippen molar-refractivity contribution in [2.45, 2.75) is 57.6 Å². The van der Waals surface area contributed by atoms with Crippen LogP contribution in [0.4, 0.5) is 0 Å². The number of carbonyl (C=O) groups is 2. The van der Waals surface area contributed by atoms with E-state index in [0.29, 0.717) is 25.9 Å². The van der Waals surface area contributed by atoms with Gasteiger partial charge in [0.1, 0.15) is 0 Å². The van der Waals surface area contributed by atoms with Crippen molar-refractivity contribution >= 4 is 11.8 Å². The van der Waals surface area contributed by atoms with E-state index in [1.165, 1.54) is 5.56 Å². The molecule has 24 heavy (non-hydrogen) atoms. The highest BCUT2D eigenvalue weighted by atomic mass is 16.3. The SMILES string of the molecule is CC(NC(=O)CCC(=O)N1CCC(O)CC1)C(C)c1ccccc1. The number of rotatable bonds is 6. The van der Waals surface area contributed by atoms with E-state index in [9.17, 15) is 14.7 Å². The number of hydrogen-bond donors (Lipinski definition) is 2.